The molecule has 3 rings (SSSR count). The predicted molar refractivity (Wildman–Crippen MR) is 148 cm³/mol. The fraction of sp³-hybridized carbons (Fsp3) is 0.407. The number of benzene rings is 2. The summed E-state index contributed by atoms with van der Waals surface area (Å²) in [4.78, 5) is 27.5. The molecule has 204 valence electrons. The van der Waals surface area contributed by atoms with Crippen LogP contribution in [0, 0.1) is 15.9 Å². The number of halogens is 2. The van der Waals surface area contributed by atoms with Crippen LogP contribution in [0.15, 0.2) is 47.1 Å². The first kappa shape index (κ1) is 29.1. The number of carbonyl (C=O) groups is 1. The topological polar surface area (TPSA) is 116 Å². The van der Waals surface area contributed by atoms with Crippen molar-refractivity contribution in [3.05, 3.63) is 68.6 Å². The lowest BCUT2D eigenvalue weighted by Gasteiger charge is -2.23. The predicted octanol–water partition coefficient (Wildman–Crippen LogP) is 7.29. The number of rotatable bonds is 10. The lowest BCUT2D eigenvalue weighted by atomic mass is 10.1. The van der Waals surface area contributed by atoms with Gasteiger partial charge in [-0.3, -0.25) is 10.1 Å². The van der Waals surface area contributed by atoms with Crippen molar-refractivity contribution in [1.82, 2.24) is 10.3 Å². The zero-order valence-corrected chi connectivity index (χ0v) is 23.6. The van der Waals surface area contributed by atoms with Gasteiger partial charge >= 0.3 is 11.8 Å². The summed E-state index contributed by atoms with van der Waals surface area (Å²) in [5, 5.41) is 18.3. The third kappa shape index (κ3) is 8.01. The molecule has 2 N–H and O–H groups in total. The molecule has 9 nitrogen and oxygen atoms in total. The molecule has 1 amide bonds. The molecule has 0 saturated heterocycles. The van der Waals surface area contributed by atoms with E-state index in [-0.39, 0.29) is 11.7 Å². The summed E-state index contributed by atoms with van der Waals surface area (Å²) >= 11 is 3.42. The number of nitrogens with zero attached hydrogens (tertiary/aromatic N) is 2. The summed E-state index contributed by atoms with van der Waals surface area (Å²) in [6.07, 6.45) is 1.93. The Balaban J connectivity index is 1.63. The van der Waals surface area contributed by atoms with Gasteiger partial charge in [0.05, 0.1) is 23.1 Å². The van der Waals surface area contributed by atoms with Crippen LogP contribution in [0.25, 0.3) is 10.9 Å². The summed E-state index contributed by atoms with van der Waals surface area (Å²) in [6, 6.07) is 8.94. The summed E-state index contributed by atoms with van der Waals surface area (Å²) in [5.41, 5.74) is 0.801. The lowest BCUT2D eigenvalue weighted by molar-refractivity contribution is -0.384. The minimum atomic E-state index is -0.657. The second-order valence-electron chi connectivity index (χ2n) is 10.0. The third-order valence-electron chi connectivity index (χ3n) is 5.61. The molecule has 0 spiro atoms. The molecule has 0 fully saturated rings. The Bertz CT molecular complexity index is 1310. The highest BCUT2D eigenvalue weighted by atomic mass is 79.9. The van der Waals surface area contributed by atoms with Gasteiger partial charge in [0.15, 0.2) is 0 Å². The van der Waals surface area contributed by atoms with E-state index in [0.717, 1.165) is 4.47 Å². The maximum atomic E-state index is 14.0. The Morgan fingerprint density at radius 3 is 2.63 bits per heavy atom. The maximum Gasteiger partial charge on any atom is 0.408 e. The van der Waals surface area contributed by atoms with Gasteiger partial charge < -0.3 is 20.1 Å². The van der Waals surface area contributed by atoms with Crippen molar-refractivity contribution < 1.29 is 23.6 Å². The van der Waals surface area contributed by atoms with E-state index < -0.39 is 28.5 Å². The molecule has 0 aliphatic carbocycles. The molecule has 0 bridgehead atoms. The number of hydrogen-bond donors (Lipinski definition) is 2. The van der Waals surface area contributed by atoms with E-state index in [0.29, 0.717) is 47.4 Å². The highest BCUT2D eigenvalue weighted by Crippen LogP contribution is 2.34. The van der Waals surface area contributed by atoms with Crippen molar-refractivity contribution in [2.75, 3.05) is 11.9 Å². The Morgan fingerprint density at radius 1 is 1.21 bits per heavy atom. The van der Waals surface area contributed by atoms with Gasteiger partial charge in [0.2, 0.25) is 0 Å². The van der Waals surface area contributed by atoms with Crippen LogP contribution in [0.1, 0.15) is 59.1 Å². The fourth-order valence-electron chi connectivity index (χ4n) is 3.89. The van der Waals surface area contributed by atoms with Gasteiger partial charge in [-0.2, -0.15) is 0 Å². The third-order valence-corrected chi connectivity index (χ3v) is 6.10. The van der Waals surface area contributed by atoms with Crippen molar-refractivity contribution in [3.8, 4) is 5.75 Å². The first-order valence-electron chi connectivity index (χ1n) is 12.2. The largest absolute Gasteiger partial charge is 0.493 e. The van der Waals surface area contributed by atoms with E-state index in [2.05, 4.69) is 31.5 Å². The zero-order chi connectivity index (χ0) is 28.0. The molecule has 11 heteroatoms. The van der Waals surface area contributed by atoms with Crippen molar-refractivity contribution in [2.45, 2.75) is 65.1 Å². The van der Waals surface area contributed by atoms with Crippen LogP contribution in [-0.2, 0) is 4.74 Å². The monoisotopic (exact) mass is 590 g/mol. The molecule has 2 atom stereocenters. The van der Waals surface area contributed by atoms with Crippen LogP contribution in [0.5, 0.6) is 5.75 Å². The second-order valence-corrected chi connectivity index (χ2v) is 10.9. The van der Waals surface area contributed by atoms with E-state index in [1.54, 1.807) is 39.8 Å². The quantitative estimate of drug-likeness (QED) is 0.145. The Kier molecular flexibility index (Phi) is 9.48. The van der Waals surface area contributed by atoms with E-state index >= 15 is 0 Å². The number of pyridine rings is 1. The molecule has 0 saturated carbocycles. The molecule has 0 aliphatic rings. The van der Waals surface area contributed by atoms with E-state index in [1.165, 1.54) is 24.4 Å². The number of hydrogen-bond acceptors (Lipinski definition) is 7. The molecule has 1 aromatic heterocycles. The number of fused-ring (bicyclic) bond motifs is 1. The first-order chi connectivity index (χ1) is 17.8. The minimum absolute atomic E-state index is 0.0962. The standard InChI is InChI=1S/C27H32BrFN4O5/c1-16(31-25-21-13-18(28)8-10-22(21)30-15-23(25)33(35)36)7-6-12-37-24-11-9-19(29)14-20(24)17(2)32-26(34)38-27(3,4)5/h8-11,13-17H,6-7,12H2,1-5H3,(H,30,31)(H,32,34)/t16?,17-/m1/s1. The number of carbonyl (C=O) groups excluding carboxylic acids is 1. The number of ether oxygens (including phenoxy) is 2. The Morgan fingerprint density at radius 2 is 1.95 bits per heavy atom. The van der Waals surface area contributed by atoms with Gasteiger partial charge in [-0.1, -0.05) is 15.9 Å². The van der Waals surface area contributed by atoms with Gasteiger partial charge in [-0.15, -0.1) is 0 Å². The fourth-order valence-corrected chi connectivity index (χ4v) is 4.25. The number of anilines is 1. The normalized spacial score (nSPS) is 13.0. The molecular formula is C27H32BrFN4O5. The first-order valence-corrected chi connectivity index (χ1v) is 13.0. The van der Waals surface area contributed by atoms with Gasteiger partial charge in [-0.05, 0) is 83.9 Å². The molecule has 0 aliphatic heterocycles. The van der Waals surface area contributed by atoms with Crippen LogP contribution >= 0.6 is 15.9 Å². The van der Waals surface area contributed by atoms with Crippen molar-refractivity contribution in [1.29, 1.82) is 0 Å². The average Bonchev–Trinajstić information content (AvgIpc) is 2.81. The summed E-state index contributed by atoms with van der Waals surface area (Å²) in [7, 11) is 0. The van der Waals surface area contributed by atoms with E-state index in [9.17, 15) is 19.3 Å². The van der Waals surface area contributed by atoms with Gasteiger partial charge in [-0.25, -0.2) is 14.2 Å². The van der Waals surface area contributed by atoms with E-state index in [4.69, 9.17) is 9.47 Å². The number of alkyl carbamates (subject to hydrolysis) is 1. The molecule has 0 radical (unpaired) electrons. The summed E-state index contributed by atoms with van der Waals surface area (Å²) < 4.78 is 26.0. The Labute approximate surface area is 229 Å². The summed E-state index contributed by atoms with van der Waals surface area (Å²) in [5.74, 6) is 0.0111. The molecule has 38 heavy (non-hydrogen) atoms. The van der Waals surface area contributed by atoms with Crippen LogP contribution in [0.4, 0.5) is 20.6 Å². The highest BCUT2D eigenvalue weighted by molar-refractivity contribution is 9.10. The van der Waals surface area contributed by atoms with Gasteiger partial charge in [0.1, 0.15) is 29.1 Å². The highest BCUT2D eigenvalue weighted by Gasteiger charge is 2.22. The van der Waals surface area contributed by atoms with Crippen molar-refractivity contribution in [3.63, 3.8) is 0 Å². The lowest BCUT2D eigenvalue weighted by Crippen LogP contribution is -2.34. The average molecular weight is 591 g/mol. The van der Waals surface area contributed by atoms with Gasteiger partial charge in [0, 0.05) is 21.5 Å². The second kappa shape index (κ2) is 12.4. The van der Waals surface area contributed by atoms with Gasteiger partial charge in [0.25, 0.3) is 0 Å². The molecule has 2 aromatic carbocycles. The Hall–Kier alpha value is -3.47. The number of nitrogens with one attached hydrogen (secondary N) is 2. The zero-order valence-electron chi connectivity index (χ0n) is 22.0. The number of aromatic nitrogens is 1. The molecule has 1 unspecified atom stereocenters. The maximum absolute atomic E-state index is 14.0. The minimum Gasteiger partial charge on any atom is -0.493 e. The number of nitro groups is 1. The van der Waals surface area contributed by atoms with Crippen molar-refractivity contribution >= 4 is 44.3 Å². The number of amides is 1. The SMILES string of the molecule is CC(CCCOc1ccc(F)cc1[C@@H](C)NC(=O)OC(C)(C)C)Nc1c([N+](=O)[O-])cnc2ccc(Br)cc12. The smallest absolute Gasteiger partial charge is 0.408 e. The molecular weight excluding hydrogens is 559 g/mol. The van der Waals surface area contributed by atoms with Crippen LogP contribution in [0.2, 0.25) is 0 Å². The van der Waals surface area contributed by atoms with Crippen LogP contribution < -0.4 is 15.4 Å². The van der Waals surface area contributed by atoms with E-state index in [1.807, 2.05) is 13.0 Å². The van der Waals surface area contributed by atoms with Crippen LogP contribution in [-0.4, -0.2) is 34.3 Å². The van der Waals surface area contributed by atoms with Crippen molar-refractivity contribution in [2.24, 2.45) is 0 Å². The summed E-state index contributed by atoms with van der Waals surface area (Å²) in [6.45, 7) is 9.27. The molecule has 1 heterocycles. The molecule has 3 aromatic rings. The van der Waals surface area contributed by atoms with Crippen LogP contribution in [0.3, 0.4) is 0 Å².